The first-order valence-electron chi connectivity index (χ1n) is 9.84. The predicted molar refractivity (Wildman–Crippen MR) is 101 cm³/mol. The topological polar surface area (TPSA) is 82.1 Å². The Morgan fingerprint density at radius 1 is 1.42 bits per heavy atom. The maximum atomic E-state index is 12.9. The molecule has 5 atom stereocenters. The molecule has 0 N–H and O–H groups in total. The second-order valence-corrected chi connectivity index (χ2v) is 10.0. The number of hydrogen-bond acceptors (Lipinski definition) is 6. The highest BCUT2D eigenvalue weighted by Crippen LogP contribution is 2.70. The molecule has 11 heteroatoms. The third-order valence-corrected chi connectivity index (χ3v) is 8.12. The van der Waals surface area contributed by atoms with Gasteiger partial charge in [-0.2, -0.15) is 21.6 Å². The number of nitrogens with zero attached hydrogens (tertiary/aromatic N) is 1. The van der Waals surface area contributed by atoms with E-state index in [1.165, 1.54) is 13.2 Å². The fourth-order valence-electron chi connectivity index (χ4n) is 6.23. The van der Waals surface area contributed by atoms with E-state index in [4.69, 9.17) is 9.47 Å². The van der Waals surface area contributed by atoms with Crippen LogP contribution in [-0.2, 0) is 26.7 Å². The van der Waals surface area contributed by atoms with Crippen LogP contribution in [0.2, 0.25) is 0 Å². The molecule has 1 aromatic carbocycles. The fourth-order valence-corrected chi connectivity index (χ4v) is 6.69. The van der Waals surface area contributed by atoms with Gasteiger partial charge in [-0.25, -0.2) is 4.79 Å². The number of amides is 1. The molecule has 168 valence electrons. The van der Waals surface area contributed by atoms with Crippen LogP contribution in [0.25, 0.3) is 0 Å². The average molecular weight is 459 g/mol. The van der Waals surface area contributed by atoms with Gasteiger partial charge in [-0.3, -0.25) is 0 Å². The number of benzene rings is 1. The molecule has 1 spiro atoms. The van der Waals surface area contributed by atoms with Crippen molar-refractivity contribution in [2.24, 2.45) is 11.8 Å². The van der Waals surface area contributed by atoms with Gasteiger partial charge in [-0.15, -0.1) is 6.58 Å². The quantitative estimate of drug-likeness (QED) is 0.391. The summed E-state index contributed by atoms with van der Waals surface area (Å²) >= 11 is 0. The highest BCUT2D eigenvalue weighted by Gasteiger charge is 2.72. The first-order chi connectivity index (χ1) is 14.5. The Morgan fingerprint density at radius 3 is 2.81 bits per heavy atom. The van der Waals surface area contributed by atoms with Crippen molar-refractivity contribution in [2.45, 2.75) is 42.3 Å². The van der Waals surface area contributed by atoms with Crippen molar-refractivity contribution in [2.75, 3.05) is 13.7 Å². The number of halogens is 3. The third-order valence-electron chi connectivity index (χ3n) is 7.16. The Kier molecular flexibility index (Phi) is 4.16. The first-order valence-corrected chi connectivity index (χ1v) is 11.2. The van der Waals surface area contributed by atoms with Gasteiger partial charge in [0.15, 0.2) is 11.5 Å². The van der Waals surface area contributed by atoms with Gasteiger partial charge in [0, 0.05) is 30.0 Å². The molecule has 1 amide bonds. The molecule has 2 aliphatic heterocycles. The van der Waals surface area contributed by atoms with Crippen LogP contribution in [-0.4, -0.2) is 50.7 Å². The van der Waals surface area contributed by atoms with Crippen LogP contribution in [0.1, 0.15) is 24.0 Å². The maximum absolute atomic E-state index is 12.9. The van der Waals surface area contributed by atoms with E-state index < -0.39 is 39.0 Å². The molecule has 1 aromatic rings. The van der Waals surface area contributed by atoms with Gasteiger partial charge in [0.05, 0.1) is 7.11 Å². The third kappa shape index (κ3) is 2.52. The normalized spacial score (nSPS) is 32.5. The monoisotopic (exact) mass is 459 g/mol. The molecule has 5 rings (SSSR count). The number of alkyl halides is 3. The van der Waals surface area contributed by atoms with Gasteiger partial charge in [0.1, 0.15) is 6.10 Å². The number of likely N-dealkylation sites (tertiary alicyclic amines) is 1. The number of methoxy groups -OCH3 is 1. The zero-order valence-electron chi connectivity index (χ0n) is 16.5. The SMILES string of the molecule is C=CC[C@@H]1Oc2c(OS(=O)(=O)C(F)(F)F)ccc3c2[C@@]12CC1CN(C(=O)OC)C(C3)C12. The van der Waals surface area contributed by atoms with E-state index in [-0.39, 0.29) is 23.6 Å². The number of hydrogen-bond donors (Lipinski definition) is 0. The van der Waals surface area contributed by atoms with E-state index in [1.807, 2.05) is 0 Å². The van der Waals surface area contributed by atoms with E-state index in [1.54, 1.807) is 17.0 Å². The molecule has 0 bridgehead atoms. The van der Waals surface area contributed by atoms with Crippen LogP contribution in [0.3, 0.4) is 0 Å². The predicted octanol–water partition coefficient (Wildman–Crippen LogP) is 3.13. The summed E-state index contributed by atoms with van der Waals surface area (Å²) in [4.78, 5) is 14.0. The molecule has 4 aliphatic rings. The minimum absolute atomic E-state index is 0.0415. The van der Waals surface area contributed by atoms with Crippen molar-refractivity contribution in [3.63, 3.8) is 0 Å². The largest absolute Gasteiger partial charge is 0.534 e. The molecule has 31 heavy (non-hydrogen) atoms. The summed E-state index contributed by atoms with van der Waals surface area (Å²) in [6.45, 7) is 4.30. The summed E-state index contributed by atoms with van der Waals surface area (Å²) in [5.41, 5.74) is -4.56. The average Bonchev–Trinajstić information content (AvgIpc) is 3.18. The van der Waals surface area contributed by atoms with Crippen LogP contribution in [0.15, 0.2) is 24.8 Å². The zero-order chi connectivity index (χ0) is 22.3. The van der Waals surface area contributed by atoms with Crippen molar-refractivity contribution in [3.8, 4) is 11.5 Å². The van der Waals surface area contributed by atoms with Gasteiger partial charge in [0.2, 0.25) is 0 Å². The van der Waals surface area contributed by atoms with Gasteiger partial charge in [-0.1, -0.05) is 12.1 Å². The Bertz CT molecular complexity index is 1090. The Hall–Kier alpha value is -2.43. The number of rotatable bonds is 4. The summed E-state index contributed by atoms with van der Waals surface area (Å²) in [6, 6.07) is 2.64. The lowest BCUT2D eigenvalue weighted by atomic mass is 9.45. The Labute approximate surface area is 176 Å². The van der Waals surface area contributed by atoms with E-state index in [0.717, 1.165) is 5.56 Å². The van der Waals surface area contributed by atoms with E-state index in [2.05, 4.69) is 10.8 Å². The lowest BCUT2D eigenvalue weighted by Gasteiger charge is -2.56. The molecular weight excluding hydrogens is 439 g/mol. The molecule has 3 unspecified atom stereocenters. The molecule has 7 nitrogen and oxygen atoms in total. The van der Waals surface area contributed by atoms with Crippen molar-refractivity contribution in [1.29, 1.82) is 0 Å². The van der Waals surface area contributed by atoms with Gasteiger partial charge in [0.25, 0.3) is 0 Å². The zero-order valence-corrected chi connectivity index (χ0v) is 17.3. The van der Waals surface area contributed by atoms with Crippen LogP contribution in [0, 0.1) is 11.8 Å². The molecule has 2 fully saturated rings. The van der Waals surface area contributed by atoms with Crippen molar-refractivity contribution in [1.82, 2.24) is 4.90 Å². The van der Waals surface area contributed by atoms with Gasteiger partial charge >= 0.3 is 21.7 Å². The van der Waals surface area contributed by atoms with Crippen LogP contribution >= 0.6 is 0 Å². The summed E-state index contributed by atoms with van der Waals surface area (Å²) in [5, 5.41) is 0. The van der Waals surface area contributed by atoms with Crippen molar-refractivity contribution in [3.05, 3.63) is 35.9 Å². The van der Waals surface area contributed by atoms with Crippen LogP contribution in [0.4, 0.5) is 18.0 Å². The molecule has 2 aliphatic carbocycles. The highest BCUT2D eigenvalue weighted by molar-refractivity contribution is 7.88. The highest BCUT2D eigenvalue weighted by atomic mass is 32.2. The summed E-state index contributed by atoms with van der Waals surface area (Å²) in [5.74, 6) is -0.167. The second kappa shape index (κ2) is 6.30. The summed E-state index contributed by atoms with van der Waals surface area (Å²) in [6.07, 6.45) is 2.41. The van der Waals surface area contributed by atoms with Crippen LogP contribution in [0.5, 0.6) is 11.5 Å². The molecular formula is C20H20F3NO6S. The minimum atomic E-state index is -5.84. The first kappa shape index (κ1) is 20.5. The van der Waals surface area contributed by atoms with Crippen molar-refractivity contribution < 1.29 is 40.0 Å². The maximum Gasteiger partial charge on any atom is 0.534 e. The molecule has 1 saturated carbocycles. The Morgan fingerprint density at radius 2 is 2.16 bits per heavy atom. The van der Waals surface area contributed by atoms with Crippen LogP contribution < -0.4 is 8.92 Å². The number of ether oxygens (including phenoxy) is 2. The lowest BCUT2D eigenvalue weighted by molar-refractivity contribution is -0.0501. The number of carbonyl (C=O) groups excluding carboxylic acids is 1. The van der Waals surface area contributed by atoms with Gasteiger partial charge in [-0.05, 0) is 36.3 Å². The minimum Gasteiger partial charge on any atom is -0.485 e. The summed E-state index contributed by atoms with van der Waals surface area (Å²) < 4.78 is 77.4. The summed E-state index contributed by atoms with van der Waals surface area (Å²) in [7, 11) is -4.51. The van der Waals surface area contributed by atoms with Gasteiger partial charge < -0.3 is 18.6 Å². The van der Waals surface area contributed by atoms with E-state index in [0.29, 0.717) is 31.4 Å². The molecule has 0 radical (unpaired) electrons. The van der Waals surface area contributed by atoms with E-state index in [9.17, 15) is 26.4 Å². The second-order valence-electron chi connectivity index (χ2n) is 8.47. The molecule has 2 heterocycles. The number of carbonyl (C=O) groups is 1. The standard InChI is InChI=1S/C20H20F3NO6S/c1-3-4-14-19-8-11-9-24(18(25)28-2)12(15(11)19)7-10-5-6-13(17(29-14)16(10)19)30-31(26,27)20(21,22)23/h3,5-6,11-12,14-15H,1,4,7-9H2,2H3/t11?,12?,14-,15?,19-/m0/s1. The lowest BCUT2D eigenvalue weighted by Crippen LogP contribution is -2.62. The smallest absolute Gasteiger partial charge is 0.485 e. The van der Waals surface area contributed by atoms with E-state index >= 15 is 0 Å². The molecule has 1 saturated heterocycles. The van der Waals surface area contributed by atoms with Crippen molar-refractivity contribution >= 4 is 16.2 Å². The fraction of sp³-hybridized carbons (Fsp3) is 0.550. The molecule has 0 aromatic heterocycles. The Balaban J connectivity index is 1.62.